The van der Waals surface area contributed by atoms with Gasteiger partial charge in [-0.05, 0) is 18.6 Å². The van der Waals surface area contributed by atoms with Crippen LogP contribution in [-0.2, 0) is 17.5 Å². The SMILES string of the molecule is O=C(Cn1ccc(C(F)(F)F)n1)N1CC[C@H](c2ccn[nH]2)C1. The van der Waals surface area contributed by atoms with Gasteiger partial charge in [0.1, 0.15) is 6.54 Å². The number of nitrogens with one attached hydrogen (secondary N) is 1. The summed E-state index contributed by atoms with van der Waals surface area (Å²) in [5.41, 5.74) is -0.0224. The molecular formula is C13H14F3N5O. The van der Waals surface area contributed by atoms with Gasteiger partial charge in [0.2, 0.25) is 5.91 Å². The quantitative estimate of drug-likeness (QED) is 0.937. The summed E-state index contributed by atoms with van der Waals surface area (Å²) in [6, 6.07) is 2.73. The van der Waals surface area contributed by atoms with E-state index in [0.717, 1.165) is 22.9 Å². The molecule has 3 rings (SSSR count). The summed E-state index contributed by atoms with van der Waals surface area (Å²) in [5.74, 6) is -0.0475. The number of H-pyrrole nitrogens is 1. The number of nitrogens with zero attached hydrogens (tertiary/aromatic N) is 4. The predicted molar refractivity (Wildman–Crippen MR) is 69.8 cm³/mol. The summed E-state index contributed by atoms with van der Waals surface area (Å²) in [6.45, 7) is 0.927. The molecule has 1 atom stereocenters. The van der Waals surface area contributed by atoms with E-state index in [-0.39, 0.29) is 18.4 Å². The number of likely N-dealkylation sites (tertiary alicyclic amines) is 1. The Morgan fingerprint density at radius 1 is 1.41 bits per heavy atom. The van der Waals surface area contributed by atoms with Crippen LogP contribution >= 0.6 is 0 Å². The van der Waals surface area contributed by atoms with Gasteiger partial charge < -0.3 is 4.90 Å². The first-order valence-corrected chi connectivity index (χ1v) is 6.81. The van der Waals surface area contributed by atoms with Gasteiger partial charge in [-0.15, -0.1) is 0 Å². The number of halogens is 3. The molecule has 22 heavy (non-hydrogen) atoms. The zero-order valence-electron chi connectivity index (χ0n) is 11.5. The van der Waals surface area contributed by atoms with Crippen LogP contribution in [0.1, 0.15) is 23.7 Å². The zero-order chi connectivity index (χ0) is 15.7. The van der Waals surface area contributed by atoms with Crippen molar-refractivity contribution in [1.82, 2.24) is 24.9 Å². The van der Waals surface area contributed by atoms with E-state index in [9.17, 15) is 18.0 Å². The second-order valence-corrected chi connectivity index (χ2v) is 5.23. The molecule has 2 aromatic heterocycles. The molecule has 0 saturated carbocycles. The molecule has 1 N–H and O–H groups in total. The van der Waals surface area contributed by atoms with Gasteiger partial charge in [0, 0.05) is 37.1 Å². The maximum atomic E-state index is 12.5. The van der Waals surface area contributed by atoms with Gasteiger partial charge in [0.15, 0.2) is 5.69 Å². The largest absolute Gasteiger partial charge is 0.435 e. The minimum Gasteiger partial charge on any atom is -0.340 e. The number of carbonyl (C=O) groups excluding carboxylic acids is 1. The van der Waals surface area contributed by atoms with Crippen molar-refractivity contribution in [3.8, 4) is 0 Å². The molecule has 0 aliphatic carbocycles. The van der Waals surface area contributed by atoms with E-state index in [0.29, 0.717) is 13.1 Å². The van der Waals surface area contributed by atoms with Gasteiger partial charge in [-0.25, -0.2) is 0 Å². The molecule has 0 spiro atoms. The molecular weight excluding hydrogens is 299 g/mol. The standard InChI is InChI=1S/C13H14F3N5O/c14-13(15,16)11-3-6-21(19-11)8-12(22)20-5-2-9(7-20)10-1-4-17-18-10/h1,3-4,6,9H,2,5,7-8H2,(H,17,18)/t9-/m0/s1. The van der Waals surface area contributed by atoms with Crippen molar-refractivity contribution in [1.29, 1.82) is 0 Å². The topological polar surface area (TPSA) is 66.8 Å². The number of hydrogen-bond acceptors (Lipinski definition) is 3. The Hall–Kier alpha value is -2.32. The molecule has 2 aromatic rings. The van der Waals surface area contributed by atoms with Crippen molar-refractivity contribution in [3.63, 3.8) is 0 Å². The fraction of sp³-hybridized carbons (Fsp3) is 0.462. The maximum absolute atomic E-state index is 12.5. The van der Waals surface area contributed by atoms with Crippen LogP contribution in [0.4, 0.5) is 13.2 Å². The third-order valence-electron chi connectivity index (χ3n) is 3.73. The molecule has 1 amide bonds. The molecule has 0 aromatic carbocycles. The van der Waals surface area contributed by atoms with Gasteiger partial charge >= 0.3 is 6.18 Å². The minimum atomic E-state index is -4.49. The van der Waals surface area contributed by atoms with Crippen molar-refractivity contribution >= 4 is 5.91 Å². The summed E-state index contributed by atoms with van der Waals surface area (Å²) in [5, 5.41) is 10.1. The van der Waals surface area contributed by atoms with Gasteiger partial charge in [0.05, 0.1) is 0 Å². The third-order valence-corrected chi connectivity index (χ3v) is 3.73. The lowest BCUT2D eigenvalue weighted by atomic mass is 10.1. The Morgan fingerprint density at radius 3 is 2.86 bits per heavy atom. The lowest BCUT2D eigenvalue weighted by Crippen LogP contribution is -2.32. The van der Waals surface area contributed by atoms with E-state index in [4.69, 9.17) is 0 Å². The second-order valence-electron chi connectivity index (χ2n) is 5.23. The highest BCUT2D eigenvalue weighted by Crippen LogP contribution is 2.28. The lowest BCUT2D eigenvalue weighted by molar-refractivity contribution is -0.142. The Labute approximate surface area is 123 Å². The number of rotatable bonds is 3. The highest BCUT2D eigenvalue weighted by atomic mass is 19.4. The van der Waals surface area contributed by atoms with Crippen molar-refractivity contribution in [2.45, 2.75) is 25.1 Å². The van der Waals surface area contributed by atoms with E-state index in [2.05, 4.69) is 15.3 Å². The molecule has 118 valence electrons. The van der Waals surface area contributed by atoms with Crippen molar-refractivity contribution in [2.75, 3.05) is 13.1 Å². The molecule has 1 aliphatic rings. The molecule has 6 nitrogen and oxygen atoms in total. The summed E-state index contributed by atoms with van der Waals surface area (Å²) in [4.78, 5) is 13.8. The smallest absolute Gasteiger partial charge is 0.340 e. The summed E-state index contributed by atoms with van der Waals surface area (Å²) in [7, 11) is 0. The zero-order valence-corrected chi connectivity index (χ0v) is 11.5. The predicted octanol–water partition coefficient (Wildman–Crippen LogP) is 1.64. The molecule has 1 aliphatic heterocycles. The van der Waals surface area contributed by atoms with Crippen LogP contribution in [-0.4, -0.2) is 43.9 Å². The molecule has 1 fully saturated rings. The van der Waals surface area contributed by atoms with Gasteiger partial charge in [-0.2, -0.15) is 23.4 Å². The van der Waals surface area contributed by atoms with Crippen LogP contribution in [0.25, 0.3) is 0 Å². The van der Waals surface area contributed by atoms with E-state index in [1.807, 2.05) is 6.07 Å². The average molecular weight is 313 g/mol. The fourth-order valence-corrected chi connectivity index (χ4v) is 2.57. The molecule has 1 saturated heterocycles. The van der Waals surface area contributed by atoms with Gasteiger partial charge in [-0.1, -0.05) is 0 Å². The first-order chi connectivity index (χ1) is 10.4. The normalized spacial score (nSPS) is 18.9. The average Bonchev–Trinajstić information content (AvgIpc) is 3.18. The Balaban J connectivity index is 1.60. The third kappa shape index (κ3) is 2.97. The van der Waals surface area contributed by atoms with Gasteiger partial charge in [0.25, 0.3) is 0 Å². The Bertz CT molecular complexity index is 649. The van der Waals surface area contributed by atoms with Crippen LogP contribution in [0.2, 0.25) is 0 Å². The lowest BCUT2D eigenvalue weighted by Gasteiger charge is -2.16. The van der Waals surface area contributed by atoms with Crippen molar-refractivity contribution < 1.29 is 18.0 Å². The monoisotopic (exact) mass is 313 g/mol. The van der Waals surface area contributed by atoms with Crippen LogP contribution in [0, 0.1) is 0 Å². The van der Waals surface area contributed by atoms with E-state index >= 15 is 0 Å². The maximum Gasteiger partial charge on any atom is 0.435 e. The fourth-order valence-electron chi connectivity index (χ4n) is 2.57. The number of aromatic amines is 1. The van der Waals surface area contributed by atoms with Crippen molar-refractivity contribution in [3.05, 3.63) is 35.9 Å². The summed E-state index contributed by atoms with van der Waals surface area (Å²) < 4.78 is 38.4. The van der Waals surface area contributed by atoms with Crippen LogP contribution in [0.5, 0.6) is 0 Å². The first kappa shape index (κ1) is 14.6. The molecule has 9 heteroatoms. The number of hydrogen-bond donors (Lipinski definition) is 1. The Kier molecular flexibility index (Phi) is 3.63. The van der Waals surface area contributed by atoms with Crippen molar-refractivity contribution in [2.24, 2.45) is 0 Å². The molecule has 0 radical (unpaired) electrons. The summed E-state index contributed by atoms with van der Waals surface area (Å²) >= 11 is 0. The molecule has 0 unspecified atom stereocenters. The van der Waals surface area contributed by atoms with E-state index < -0.39 is 11.9 Å². The number of amides is 1. The number of alkyl halides is 3. The highest BCUT2D eigenvalue weighted by Gasteiger charge is 2.34. The molecule has 3 heterocycles. The number of carbonyl (C=O) groups is 1. The summed E-state index contributed by atoms with van der Waals surface area (Å²) in [6.07, 6.45) is -0.861. The first-order valence-electron chi connectivity index (χ1n) is 6.81. The minimum absolute atomic E-state index is 0.189. The van der Waals surface area contributed by atoms with Gasteiger partial charge in [-0.3, -0.25) is 14.6 Å². The Morgan fingerprint density at radius 2 is 2.23 bits per heavy atom. The van der Waals surface area contributed by atoms with Crippen LogP contribution < -0.4 is 0 Å². The number of aromatic nitrogens is 4. The second kappa shape index (κ2) is 5.47. The van der Waals surface area contributed by atoms with Crippen LogP contribution in [0.3, 0.4) is 0 Å². The van der Waals surface area contributed by atoms with Crippen LogP contribution in [0.15, 0.2) is 24.5 Å². The van der Waals surface area contributed by atoms with E-state index in [1.54, 1.807) is 11.1 Å². The molecule has 0 bridgehead atoms. The van der Waals surface area contributed by atoms with E-state index in [1.165, 1.54) is 6.20 Å². The highest BCUT2D eigenvalue weighted by molar-refractivity contribution is 5.76.